The number of pyridine rings is 1. The van der Waals surface area contributed by atoms with Crippen molar-refractivity contribution in [3.63, 3.8) is 0 Å². The first-order valence-electron chi connectivity index (χ1n) is 8.03. The predicted octanol–water partition coefficient (Wildman–Crippen LogP) is 5.92. The number of rotatable bonds is 3. The van der Waals surface area contributed by atoms with Crippen LogP contribution >= 0.6 is 34.8 Å². The Bertz CT molecular complexity index is 1190. The third-order valence-electron chi connectivity index (χ3n) is 4.49. The summed E-state index contributed by atoms with van der Waals surface area (Å²) in [5, 5.41) is 10.4. The van der Waals surface area contributed by atoms with E-state index in [1.54, 1.807) is 19.9 Å². The topological polar surface area (TPSA) is 59.3 Å². The van der Waals surface area contributed by atoms with Crippen molar-refractivity contribution in [2.75, 3.05) is 0 Å². The first-order chi connectivity index (χ1) is 13.1. The number of carbonyl (C=O) groups is 1. The molecule has 4 nitrogen and oxygen atoms in total. The molecule has 0 aliphatic carbocycles. The van der Waals surface area contributed by atoms with E-state index in [-0.39, 0.29) is 21.3 Å². The van der Waals surface area contributed by atoms with Crippen LogP contribution in [0, 0.1) is 19.7 Å². The van der Waals surface area contributed by atoms with Crippen LogP contribution in [0.5, 0.6) is 0 Å². The summed E-state index contributed by atoms with van der Waals surface area (Å²) in [7, 11) is 0. The number of halogens is 4. The Hall–Kier alpha value is -2.34. The van der Waals surface area contributed by atoms with Gasteiger partial charge in [0.05, 0.1) is 15.7 Å². The van der Waals surface area contributed by atoms with E-state index < -0.39 is 22.9 Å². The van der Waals surface area contributed by atoms with Crippen LogP contribution in [0.15, 0.2) is 41.2 Å². The van der Waals surface area contributed by atoms with Gasteiger partial charge in [-0.25, -0.2) is 9.18 Å². The summed E-state index contributed by atoms with van der Waals surface area (Å²) in [6.07, 6.45) is 0. The number of aromatic carboxylic acids is 1. The molecule has 0 aliphatic heterocycles. The van der Waals surface area contributed by atoms with E-state index in [9.17, 15) is 19.1 Å². The molecule has 1 heterocycles. The van der Waals surface area contributed by atoms with Crippen molar-refractivity contribution in [3.8, 4) is 16.8 Å². The van der Waals surface area contributed by atoms with E-state index in [0.717, 1.165) is 10.6 Å². The molecule has 0 amide bonds. The third-order valence-corrected chi connectivity index (χ3v) is 5.47. The summed E-state index contributed by atoms with van der Waals surface area (Å²) >= 11 is 17.8. The molecule has 144 valence electrons. The van der Waals surface area contributed by atoms with E-state index in [0.29, 0.717) is 21.8 Å². The molecule has 0 saturated carbocycles. The van der Waals surface area contributed by atoms with Crippen molar-refractivity contribution in [1.82, 2.24) is 4.57 Å². The Morgan fingerprint density at radius 2 is 1.71 bits per heavy atom. The van der Waals surface area contributed by atoms with Gasteiger partial charge in [-0.05, 0) is 55.3 Å². The minimum Gasteiger partial charge on any atom is -0.477 e. The fourth-order valence-electron chi connectivity index (χ4n) is 3.07. The molecule has 0 radical (unpaired) electrons. The molecule has 0 spiro atoms. The maximum atomic E-state index is 14.5. The standard InChI is InChI=1S/C20H13Cl3FNO3/c1-9-10(2)25(16-6-4-12(21)8-15(16)24)19(26)18(20(27)28)17(9)11-3-5-13(22)14(23)7-11/h3-8H,1-2H3,(H,27,28). The van der Waals surface area contributed by atoms with Crippen LogP contribution < -0.4 is 5.56 Å². The molecule has 28 heavy (non-hydrogen) atoms. The van der Waals surface area contributed by atoms with Gasteiger partial charge in [0.2, 0.25) is 0 Å². The lowest BCUT2D eigenvalue weighted by Crippen LogP contribution is -2.29. The minimum absolute atomic E-state index is 0.0850. The number of hydrogen-bond acceptors (Lipinski definition) is 2. The Morgan fingerprint density at radius 3 is 2.29 bits per heavy atom. The number of nitrogens with zero attached hydrogens (tertiary/aromatic N) is 1. The van der Waals surface area contributed by atoms with E-state index in [1.165, 1.54) is 24.3 Å². The molecule has 0 atom stereocenters. The molecule has 0 aliphatic rings. The summed E-state index contributed by atoms with van der Waals surface area (Å²) in [6.45, 7) is 3.26. The summed E-state index contributed by atoms with van der Waals surface area (Å²) in [5.74, 6) is -2.17. The number of carboxylic acid groups (broad SMARTS) is 1. The van der Waals surface area contributed by atoms with Gasteiger partial charge in [-0.1, -0.05) is 40.9 Å². The van der Waals surface area contributed by atoms with Crippen molar-refractivity contribution < 1.29 is 14.3 Å². The van der Waals surface area contributed by atoms with Crippen molar-refractivity contribution >= 4 is 40.8 Å². The highest BCUT2D eigenvalue weighted by Gasteiger charge is 2.25. The van der Waals surface area contributed by atoms with Gasteiger partial charge in [0.25, 0.3) is 5.56 Å². The maximum absolute atomic E-state index is 14.5. The Kier molecular flexibility index (Phi) is 5.53. The summed E-state index contributed by atoms with van der Waals surface area (Å²) in [6, 6.07) is 8.40. The van der Waals surface area contributed by atoms with Gasteiger partial charge in [0, 0.05) is 16.3 Å². The normalized spacial score (nSPS) is 10.9. The number of hydrogen-bond donors (Lipinski definition) is 1. The van der Waals surface area contributed by atoms with E-state index in [2.05, 4.69) is 0 Å². The SMILES string of the molecule is Cc1c(-c2ccc(Cl)c(Cl)c2)c(C(=O)O)c(=O)n(-c2ccc(Cl)cc2F)c1C. The molecule has 1 aromatic heterocycles. The quantitative estimate of drug-likeness (QED) is 0.550. The molecule has 0 fully saturated rings. The molecule has 1 N–H and O–H groups in total. The Balaban J connectivity index is 2.43. The average Bonchev–Trinajstić information content (AvgIpc) is 2.62. The van der Waals surface area contributed by atoms with Gasteiger partial charge in [-0.2, -0.15) is 0 Å². The molecular weight excluding hydrogens is 428 g/mol. The van der Waals surface area contributed by atoms with Crippen LogP contribution in [0.25, 0.3) is 16.8 Å². The first-order valence-corrected chi connectivity index (χ1v) is 9.17. The zero-order valence-corrected chi connectivity index (χ0v) is 17.0. The van der Waals surface area contributed by atoms with Crippen LogP contribution in [-0.2, 0) is 0 Å². The molecule has 0 unspecified atom stereocenters. The van der Waals surface area contributed by atoms with Gasteiger partial charge >= 0.3 is 5.97 Å². The fraction of sp³-hybridized carbons (Fsp3) is 0.100. The van der Waals surface area contributed by atoms with Gasteiger partial charge in [-0.3, -0.25) is 9.36 Å². The lowest BCUT2D eigenvalue weighted by Gasteiger charge is -2.19. The zero-order valence-electron chi connectivity index (χ0n) is 14.7. The zero-order chi connectivity index (χ0) is 20.7. The largest absolute Gasteiger partial charge is 0.477 e. The average molecular weight is 441 g/mol. The fourth-order valence-corrected chi connectivity index (χ4v) is 3.53. The van der Waals surface area contributed by atoms with Crippen molar-refractivity contribution in [1.29, 1.82) is 0 Å². The van der Waals surface area contributed by atoms with Gasteiger partial charge in [0.15, 0.2) is 0 Å². The molecule has 2 aromatic carbocycles. The third kappa shape index (κ3) is 3.41. The minimum atomic E-state index is -1.43. The van der Waals surface area contributed by atoms with Gasteiger partial charge in [0.1, 0.15) is 11.4 Å². The molecule has 3 aromatic rings. The number of carboxylic acids is 1. The van der Waals surface area contributed by atoms with Crippen LogP contribution in [0.3, 0.4) is 0 Å². The highest BCUT2D eigenvalue weighted by atomic mass is 35.5. The van der Waals surface area contributed by atoms with E-state index in [1.807, 2.05) is 0 Å². The van der Waals surface area contributed by atoms with Crippen LogP contribution in [0.4, 0.5) is 4.39 Å². The second-order valence-corrected chi connectivity index (χ2v) is 7.38. The summed E-state index contributed by atoms with van der Waals surface area (Å²) < 4.78 is 15.5. The van der Waals surface area contributed by atoms with Crippen molar-refractivity contribution in [3.05, 3.63) is 84.5 Å². The number of benzene rings is 2. The lowest BCUT2D eigenvalue weighted by molar-refractivity contribution is 0.0695. The second-order valence-electron chi connectivity index (χ2n) is 6.13. The van der Waals surface area contributed by atoms with E-state index >= 15 is 0 Å². The highest BCUT2D eigenvalue weighted by molar-refractivity contribution is 6.42. The molecule has 3 rings (SSSR count). The smallest absolute Gasteiger partial charge is 0.342 e. The molecular formula is C20H13Cl3FNO3. The lowest BCUT2D eigenvalue weighted by atomic mass is 9.94. The Labute approximate surface area is 174 Å². The molecule has 0 saturated heterocycles. The molecule has 8 heteroatoms. The predicted molar refractivity (Wildman–Crippen MR) is 109 cm³/mol. The van der Waals surface area contributed by atoms with Crippen LogP contribution in [0.2, 0.25) is 15.1 Å². The van der Waals surface area contributed by atoms with Crippen molar-refractivity contribution in [2.24, 2.45) is 0 Å². The van der Waals surface area contributed by atoms with Crippen LogP contribution in [-0.4, -0.2) is 15.6 Å². The number of aromatic nitrogens is 1. The van der Waals surface area contributed by atoms with Gasteiger partial charge in [-0.15, -0.1) is 0 Å². The maximum Gasteiger partial charge on any atom is 0.342 e. The van der Waals surface area contributed by atoms with Crippen LogP contribution in [0.1, 0.15) is 21.6 Å². The first kappa shape index (κ1) is 20.4. The monoisotopic (exact) mass is 439 g/mol. The Morgan fingerprint density at radius 1 is 1.04 bits per heavy atom. The molecule has 0 bridgehead atoms. The second kappa shape index (κ2) is 7.59. The highest BCUT2D eigenvalue weighted by Crippen LogP contribution is 2.33. The van der Waals surface area contributed by atoms with Crippen molar-refractivity contribution in [2.45, 2.75) is 13.8 Å². The van der Waals surface area contributed by atoms with Gasteiger partial charge < -0.3 is 5.11 Å². The summed E-state index contributed by atoms with van der Waals surface area (Å²) in [4.78, 5) is 25.1. The summed E-state index contributed by atoms with van der Waals surface area (Å²) in [5.41, 5.74) is 0.0707. The van der Waals surface area contributed by atoms with E-state index in [4.69, 9.17) is 34.8 Å².